The fraction of sp³-hybridized carbons (Fsp3) is 0.600. The summed E-state index contributed by atoms with van der Waals surface area (Å²) in [4.78, 5) is 37.2. The van der Waals surface area contributed by atoms with Crippen LogP contribution in [-0.2, 0) is 23.1 Å². The van der Waals surface area contributed by atoms with Gasteiger partial charge in [0.1, 0.15) is 12.1 Å². The van der Waals surface area contributed by atoms with E-state index in [2.05, 4.69) is 15.7 Å². The molecule has 0 aromatic carbocycles. The summed E-state index contributed by atoms with van der Waals surface area (Å²) >= 11 is 0. The number of hydrogen-bond acceptors (Lipinski definition) is 4. The number of amides is 4. The number of carbonyl (C=O) groups excluding carboxylic acids is 3. The van der Waals surface area contributed by atoms with Crippen LogP contribution in [0, 0.1) is 0 Å². The van der Waals surface area contributed by atoms with E-state index in [1.54, 1.807) is 18.5 Å². The normalized spacial score (nSPS) is 22.7. The van der Waals surface area contributed by atoms with Crippen molar-refractivity contribution in [1.82, 2.24) is 25.3 Å². The SMILES string of the molecule is Cn1cc2c(n1)CCCC2NC(=O)CN1C(=O)NC(C)(C)C1=O. The Bertz CT molecular complexity index is 679. The third kappa shape index (κ3) is 2.80. The van der Waals surface area contributed by atoms with Crippen molar-refractivity contribution < 1.29 is 14.4 Å². The lowest BCUT2D eigenvalue weighted by Crippen LogP contribution is -2.44. The molecule has 1 saturated heterocycles. The molecular formula is C15H21N5O3. The smallest absolute Gasteiger partial charge is 0.325 e. The molecule has 8 heteroatoms. The van der Waals surface area contributed by atoms with Crippen molar-refractivity contribution in [1.29, 1.82) is 0 Å². The van der Waals surface area contributed by atoms with E-state index in [-0.39, 0.29) is 24.4 Å². The van der Waals surface area contributed by atoms with Crippen molar-refractivity contribution >= 4 is 17.8 Å². The summed E-state index contributed by atoms with van der Waals surface area (Å²) in [6.45, 7) is 2.97. The van der Waals surface area contributed by atoms with Crippen LogP contribution in [0.4, 0.5) is 4.79 Å². The Labute approximate surface area is 134 Å². The van der Waals surface area contributed by atoms with Crippen molar-refractivity contribution in [2.45, 2.75) is 44.7 Å². The zero-order valence-electron chi connectivity index (χ0n) is 13.5. The Morgan fingerprint density at radius 2 is 2.22 bits per heavy atom. The summed E-state index contributed by atoms with van der Waals surface area (Å²) in [6, 6.07) is -0.644. The molecule has 124 valence electrons. The van der Waals surface area contributed by atoms with Crippen LogP contribution in [0.3, 0.4) is 0 Å². The molecule has 23 heavy (non-hydrogen) atoms. The fourth-order valence-corrected chi connectivity index (χ4v) is 3.16. The van der Waals surface area contributed by atoms with Crippen molar-refractivity contribution in [3.63, 3.8) is 0 Å². The second-order valence-corrected chi connectivity index (χ2v) is 6.66. The summed E-state index contributed by atoms with van der Waals surface area (Å²) in [7, 11) is 1.85. The van der Waals surface area contributed by atoms with Gasteiger partial charge in [-0.15, -0.1) is 0 Å². The van der Waals surface area contributed by atoms with Gasteiger partial charge in [0.25, 0.3) is 5.91 Å². The van der Waals surface area contributed by atoms with Gasteiger partial charge >= 0.3 is 6.03 Å². The highest BCUT2D eigenvalue weighted by Crippen LogP contribution is 2.28. The maximum atomic E-state index is 12.3. The molecule has 0 saturated carbocycles. The summed E-state index contributed by atoms with van der Waals surface area (Å²) in [5.41, 5.74) is 1.06. The number of hydrogen-bond donors (Lipinski definition) is 2. The summed E-state index contributed by atoms with van der Waals surface area (Å²) in [5, 5.41) is 9.87. The Kier molecular flexibility index (Phi) is 3.62. The number of carbonyl (C=O) groups is 3. The highest BCUT2D eigenvalue weighted by molar-refractivity contribution is 6.08. The van der Waals surface area contributed by atoms with Crippen LogP contribution in [0.5, 0.6) is 0 Å². The average molecular weight is 319 g/mol. The first-order chi connectivity index (χ1) is 10.8. The molecule has 1 aromatic rings. The number of imide groups is 1. The van der Waals surface area contributed by atoms with Gasteiger partial charge in [0.15, 0.2) is 0 Å². The van der Waals surface area contributed by atoms with E-state index in [1.807, 2.05) is 13.2 Å². The molecule has 8 nitrogen and oxygen atoms in total. The number of fused-ring (bicyclic) bond motifs is 1. The van der Waals surface area contributed by atoms with E-state index in [9.17, 15) is 14.4 Å². The summed E-state index contributed by atoms with van der Waals surface area (Å²) in [5.74, 6) is -0.726. The highest BCUT2D eigenvalue weighted by Gasteiger charge is 2.45. The molecule has 2 aliphatic rings. The van der Waals surface area contributed by atoms with Crippen molar-refractivity contribution in [2.75, 3.05) is 6.54 Å². The second-order valence-electron chi connectivity index (χ2n) is 6.66. The Morgan fingerprint density at radius 3 is 2.87 bits per heavy atom. The molecule has 1 atom stereocenters. The third-order valence-electron chi connectivity index (χ3n) is 4.30. The van der Waals surface area contributed by atoms with Gasteiger partial charge in [-0.25, -0.2) is 4.79 Å². The molecule has 3 rings (SSSR count). The fourth-order valence-electron chi connectivity index (χ4n) is 3.16. The molecule has 1 unspecified atom stereocenters. The second kappa shape index (κ2) is 5.36. The molecule has 0 bridgehead atoms. The van der Waals surface area contributed by atoms with Gasteiger partial charge in [0, 0.05) is 18.8 Å². The minimum Gasteiger partial charge on any atom is -0.348 e. The molecular weight excluding hydrogens is 298 g/mol. The lowest BCUT2D eigenvalue weighted by Gasteiger charge is -2.23. The van der Waals surface area contributed by atoms with Crippen LogP contribution >= 0.6 is 0 Å². The quantitative estimate of drug-likeness (QED) is 0.780. The van der Waals surface area contributed by atoms with E-state index in [1.165, 1.54) is 0 Å². The van der Waals surface area contributed by atoms with Crippen LogP contribution in [0.15, 0.2) is 6.20 Å². The number of rotatable bonds is 3. The average Bonchev–Trinajstić information content (AvgIpc) is 2.92. The zero-order valence-corrected chi connectivity index (χ0v) is 13.5. The van der Waals surface area contributed by atoms with Gasteiger partial charge < -0.3 is 10.6 Å². The molecule has 1 aliphatic carbocycles. The highest BCUT2D eigenvalue weighted by atomic mass is 16.2. The van der Waals surface area contributed by atoms with Gasteiger partial charge in [0.2, 0.25) is 5.91 Å². The van der Waals surface area contributed by atoms with Crippen molar-refractivity contribution in [3.8, 4) is 0 Å². The maximum Gasteiger partial charge on any atom is 0.325 e. The number of aromatic nitrogens is 2. The molecule has 1 fully saturated rings. The van der Waals surface area contributed by atoms with E-state index in [4.69, 9.17) is 0 Å². The number of nitrogens with zero attached hydrogens (tertiary/aromatic N) is 3. The maximum absolute atomic E-state index is 12.3. The van der Waals surface area contributed by atoms with Crippen LogP contribution < -0.4 is 10.6 Å². The first-order valence-corrected chi connectivity index (χ1v) is 7.74. The van der Waals surface area contributed by atoms with Crippen molar-refractivity contribution in [2.24, 2.45) is 7.05 Å². The molecule has 1 aromatic heterocycles. The van der Waals surface area contributed by atoms with Crippen LogP contribution in [0.25, 0.3) is 0 Å². The summed E-state index contributed by atoms with van der Waals surface area (Å²) in [6.07, 6.45) is 4.60. The molecule has 2 heterocycles. The topological polar surface area (TPSA) is 96.3 Å². The van der Waals surface area contributed by atoms with Gasteiger partial charge in [-0.05, 0) is 33.1 Å². The molecule has 1 aliphatic heterocycles. The van der Waals surface area contributed by atoms with Gasteiger partial charge in [-0.1, -0.05) is 0 Å². The molecule has 2 N–H and O–H groups in total. The standard InChI is InChI=1S/C15H21N5O3/c1-15(2)13(22)20(14(23)17-15)8-12(21)16-10-5-4-6-11-9(10)7-19(3)18-11/h7,10H,4-6,8H2,1-3H3,(H,16,21)(H,17,23). The Balaban J connectivity index is 1.67. The number of nitrogens with one attached hydrogen (secondary N) is 2. The van der Waals surface area contributed by atoms with Gasteiger partial charge in [-0.2, -0.15) is 5.10 Å². The van der Waals surface area contributed by atoms with Crippen molar-refractivity contribution in [3.05, 3.63) is 17.5 Å². The minimum absolute atomic E-state index is 0.117. The molecule has 0 radical (unpaired) electrons. The predicted octanol–water partition coefficient (Wildman–Crippen LogP) is 0.244. The molecule has 0 spiro atoms. The Hall–Kier alpha value is -2.38. The van der Waals surface area contributed by atoms with Crippen LogP contribution in [-0.4, -0.2) is 44.6 Å². The molecule has 4 amide bonds. The number of aryl methyl sites for hydroxylation is 2. The van der Waals surface area contributed by atoms with E-state index in [0.29, 0.717) is 0 Å². The Morgan fingerprint density at radius 1 is 1.48 bits per heavy atom. The zero-order chi connectivity index (χ0) is 16.8. The predicted molar refractivity (Wildman–Crippen MR) is 81.4 cm³/mol. The largest absolute Gasteiger partial charge is 0.348 e. The third-order valence-corrected chi connectivity index (χ3v) is 4.30. The minimum atomic E-state index is -0.960. The number of urea groups is 1. The van der Waals surface area contributed by atoms with Crippen LogP contribution in [0.2, 0.25) is 0 Å². The van der Waals surface area contributed by atoms with E-state index in [0.717, 1.165) is 35.4 Å². The lowest BCUT2D eigenvalue weighted by atomic mass is 9.93. The lowest BCUT2D eigenvalue weighted by molar-refractivity contribution is -0.134. The summed E-state index contributed by atoms with van der Waals surface area (Å²) < 4.78 is 1.75. The first-order valence-electron chi connectivity index (χ1n) is 7.74. The van der Waals surface area contributed by atoms with Gasteiger partial charge in [0.05, 0.1) is 11.7 Å². The first kappa shape index (κ1) is 15.5. The van der Waals surface area contributed by atoms with Crippen LogP contribution in [0.1, 0.15) is 44.0 Å². The van der Waals surface area contributed by atoms with Gasteiger partial charge in [-0.3, -0.25) is 19.2 Å². The van der Waals surface area contributed by atoms with E-state index >= 15 is 0 Å². The van der Waals surface area contributed by atoms with E-state index < -0.39 is 11.6 Å². The monoisotopic (exact) mass is 319 g/mol.